The average molecular weight is 322 g/mol. The molecule has 0 bridgehead atoms. The van der Waals surface area contributed by atoms with Gasteiger partial charge >= 0.3 is 0 Å². The zero-order chi connectivity index (χ0) is 16.9. The Morgan fingerprint density at radius 2 is 1.67 bits per heavy atom. The van der Waals surface area contributed by atoms with Crippen molar-refractivity contribution >= 4 is 11.6 Å². The Hall–Kier alpha value is -2.13. The Balaban J connectivity index is 1.61. The van der Waals surface area contributed by atoms with E-state index >= 15 is 0 Å². The van der Waals surface area contributed by atoms with Gasteiger partial charge in [0.2, 0.25) is 5.91 Å². The summed E-state index contributed by atoms with van der Waals surface area (Å²) in [7, 11) is 0. The largest absolute Gasteiger partial charge is 0.325 e. The minimum absolute atomic E-state index is 0.00832. The highest BCUT2D eigenvalue weighted by Gasteiger charge is 2.18. The molecule has 0 saturated heterocycles. The first-order chi connectivity index (χ1) is 11.6. The van der Waals surface area contributed by atoms with Crippen LogP contribution in [-0.2, 0) is 17.6 Å². The van der Waals surface area contributed by atoms with Crippen molar-refractivity contribution in [2.24, 2.45) is 0 Å². The summed E-state index contributed by atoms with van der Waals surface area (Å²) < 4.78 is 0. The maximum Gasteiger partial charge on any atom is 0.241 e. The highest BCUT2D eigenvalue weighted by atomic mass is 16.2. The number of hydrogen-bond acceptors (Lipinski definition) is 2. The van der Waals surface area contributed by atoms with E-state index in [1.807, 2.05) is 37.3 Å². The summed E-state index contributed by atoms with van der Waals surface area (Å²) in [5, 5.41) is 6.36. The lowest BCUT2D eigenvalue weighted by Crippen LogP contribution is -2.39. The van der Waals surface area contributed by atoms with Crippen LogP contribution in [0.4, 0.5) is 5.69 Å². The van der Waals surface area contributed by atoms with Crippen LogP contribution < -0.4 is 10.6 Å². The standard InChI is InChI=1S/C21H26N2O/c1-15(18-13-12-17-8-6-7-9-19(17)14-18)22-16(2)21(24)23-20-10-4-3-5-11-20/h3-5,10-16,22H,6-9H2,1-2H3,(H,23,24)/t15-,16+/m0/s1. The van der Waals surface area contributed by atoms with E-state index in [9.17, 15) is 4.79 Å². The lowest BCUT2D eigenvalue weighted by molar-refractivity contribution is -0.117. The van der Waals surface area contributed by atoms with Crippen molar-refractivity contribution in [2.45, 2.75) is 51.6 Å². The second-order valence-corrected chi connectivity index (χ2v) is 6.70. The van der Waals surface area contributed by atoms with Crippen LogP contribution >= 0.6 is 0 Å². The molecule has 2 aromatic carbocycles. The molecule has 2 atom stereocenters. The topological polar surface area (TPSA) is 41.1 Å². The van der Waals surface area contributed by atoms with Gasteiger partial charge in [-0.25, -0.2) is 0 Å². The average Bonchev–Trinajstić information content (AvgIpc) is 2.62. The molecule has 0 radical (unpaired) electrons. The molecule has 3 rings (SSSR count). The van der Waals surface area contributed by atoms with Gasteiger partial charge in [-0.2, -0.15) is 0 Å². The van der Waals surface area contributed by atoms with Gasteiger partial charge < -0.3 is 5.32 Å². The number of rotatable bonds is 5. The first-order valence-corrected chi connectivity index (χ1v) is 8.87. The van der Waals surface area contributed by atoms with Crippen molar-refractivity contribution in [3.8, 4) is 0 Å². The lowest BCUT2D eigenvalue weighted by Gasteiger charge is -2.22. The van der Waals surface area contributed by atoms with Gasteiger partial charge in [0.1, 0.15) is 0 Å². The monoisotopic (exact) mass is 322 g/mol. The molecule has 3 heteroatoms. The smallest absolute Gasteiger partial charge is 0.241 e. The van der Waals surface area contributed by atoms with Crippen molar-refractivity contribution in [3.05, 3.63) is 65.2 Å². The minimum atomic E-state index is -0.253. The van der Waals surface area contributed by atoms with Crippen LogP contribution in [0.25, 0.3) is 0 Å². The third-order valence-corrected chi connectivity index (χ3v) is 4.81. The molecular weight excluding hydrogens is 296 g/mol. The zero-order valence-electron chi connectivity index (χ0n) is 14.5. The predicted molar refractivity (Wildman–Crippen MR) is 99.2 cm³/mol. The summed E-state index contributed by atoms with van der Waals surface area (Å²) >= 11 is 0. The van der Waals surface area contributed by atoms with E-state index in [0.29, 0.717) is 0 Å². The zero-order valence-corrected chi connectivity index (χ0v) is 14.5. The predicted octanol–water partition coefficient (Wildman–Crippen LogP) is 4.24. The first-order valence-electron chi connectivity index (χ1n) is 8.87. The second kappa shape index (κ2) is 7.63. The molecule has 0 aromatic heterocycles. The molecule has 0 saturated carbocycles. The fourth-order valence-corrected chi connectivity index (χ4v) is 3.34. The number of fused-ring (bicyclic) bond motifs is 1. The van der Waals surface area contributed by atoms with Crippen LogP contribution in [0.1, 0.15) is 49.4 Å². The number of carbonyl (C=O) groups excluding carboxylic acids is 1. The third kappa shape index (κ3) is 4.04. The van der Waals surface area contributed by atoms with Crippen LogP contribution in [-0.4, -0.2) is 11.9 Å². The number of amides is 1. The highest BCUT2D eigenvalue weighted by Crippen LogP contribution is 2.25. The number of carbonyl (C=O) groups is 1. The molecule has 0 spiro atoms. The summed E-state index contributed by atoms with van der Waals surface area (Å²) in [5.41, 5.74) is 5.06. The molecule has 0 unspecified atom stereocenters. The number of anilines is 1. The van der Waals surface area contributed by atoms with Crippen molar-refractivity contribution < 1.29 is 4.79 Å². The molecule has 1 aliphatic rings. The van der Waals surface area contributed by atoms with Crippen LogP contribution in [0, 0.1) is 0 Å². The lowest BCUT2D eigenvalue weighted by atomic mass is 9.89. The third-order valence-electron chi connectivity index (χ3n) is 4.81. The Morgan fingerprint density at radius 3 is 2.42 bits per heavy atom. The van der Waals surface area contributed by atoms with Crippen LogP contribution in [0.5, 0.6) is 0 Å². The number of nitrogens with one attached hydrogen (secondary N) is 2. The van der Waals surface area contributed by atoms with Gasteiger partial charge in [0.15, 0.2) is 0 Å². The second-order valence-electron chi connectivity index (χ2n) is 6.70. The molecule has 1 aliphatic carbocycles. The van der Waals surface area contributed by atoms with Gasteiger partial charge in [-0.15, -0.1) is 0 Å². The molecule has 1 amide bonds. The molecule has 0 heterocycles. The molecule has 2 aromatic rings. The van der Waals surface area contributed by atoms with E-state index in [4.69, 9.17) is 0 Å². The number of benzene rings is 2. The Labute approximate surface area is 144 Å². The maximum absolute atomic E-state index is 12.3. The molecular formula is C21H26N2O. The SMILES string of the molecule is C[C@H](N[C@H](C)C(=O)Nc1ccccc1)c1ccc2c(c1)CCCC2. The Kier molecular flexibility index (Phi) is 5.31. The molecule has 3 nitrogen and oxygen atoms in total. The molecule has 24 heavy (non-hydrogen) atoms. The van der Waals surface area contributed by atoms with Crippen molar-refractivity contribution in [1.82, 2.24) is 5.32 Å². The summed E-state index contributed by atoms with van der Waals surface area (Å²) in [4.78, 5) is 12.3. The normalized spacial score (nSPS) is 16.1. The quantitative estimate of drug-likeness (QED) is 0.864. The first kappa shape index (κ1) is 16.7. The number of hydrogen-bond donors (Lipinski definition) is 2. The summed E-state index contributed by atoms with van der Waals surface area (Å²) in [5.74, 6) is -0.00832. The van der Waals surface area contributed by atoms with Crippen molar-refractivity contribution in [2.75, 3.05) is 5.32 Å². The molecule has 2 N–H and O–H groups in total. The Morgan fingerprint density at radius 1 is 0.958 bits per heavy atom. The van der Waals surface area contributed by atoms with E-state index in [0.717, 1.165) is 5.69 Å². The summed E-state index contributed by atoms with van der Waals surface area (Å²) in [6.45, 7) is 4.03. The van der Waals surface area contributed by atoms with Crippen LogP contribution in [0.2, 0.25) is 0 Å². The minimum Gasteiger partial charge on any atom is -0.325 e. The molecule has 126 valence electrons. The van der Waals surface area contributed by atoms with Gasteiger partial charge in [0.05, 0.1) is 6.04 Å². The van der Waals surface area contributed by atoms with E-state index in [2.05, 4.69) is 35.8 Å². The highest BCUT2D eigenvalue weighted by molar-refractivity contribution is 5.94. The van der Waals surface area contributed by atoms with Gasteiger partial charge in [-0.3, -0.25) is 10.1 Å². The van der Waals surface area contributed by atoms with E-state index in [1.54, 1.807) is 0 Å². The Bertz CT molecular complexity index is 696. The van der Waals surface area contributed by atoms with Gasteiger partial charge in [-0.1, -0.05) is 36.4 Å². The fourth-order valence-electron chi connectivity index (χ4n) is 3.34. The number of para-hydroxylation sites is 1. The summed E-state index contributed by atoms with van der Waals surface area (Å²) in [6, 6.07) is 16.2. The number of aryl methyl sites for hydroxylation is 2. The van der Waals surface area contributed by atoms with E-state index in [1.165, 1.54) is 42.4 Å². The van der Waals surface area contributed by atoms with Gasteiger partial charge in [0, 0.05) is 11.7 Å². The maximum atomic E-state index is 12.3. The molecule has 0 aliphatic heterocycles. The van der Waals surface area contributed by atoms with Gasteiger partial charge in [-0.05, 0) is 68.4 Å². The van der Waals surface area contributed by atoms with Crippen LogP contribution in [0.15, 0.2) is 48.5 Å². The van der Waals surface area contributed by atoms with Gasteiger partial charge in [0.25, 0.3) is 0 Å². The summed E-state index contributed by atoms with van der Waals surface area (Å²) in [6.07, 6.45) is 4.97. The fraction of sp³-hybridized carbons (Fsp3) is 0.381. The molecule has 0 fully saturated rings. The van der Waals surface area contributed by atoms with Crippen molar-refractivity contribution in [3.63, 3.8) is 0 Å². The van der Waals surface area contributed by atoms with Crippen molar-refractivity contribution in [1.29, 1.82) is 0 Å². The van der Waals surface area contributed by atoms with Crippen LogP contribution in [0.3, 0.4) is 0 Å². The van der Waals surface area contributed by atoms with E-state index < -0.39 is 0 Å². The van der Waals surface area contributed by atoms with E-state index in [-0.39, 0.29) is 18.0 Å².